The quantitative estimate of drug-likeness (QED) is 0.660. The summed E-state index contributed by atoms with van der Waals surface area (Å²) in [7, 11) is -6.03. The van der Waals surface area contributed by atoms with E-state index >= 15 is 0 Å². The molecular formula is C14H22N2O6S2. The number of rotatable bonds is 7. The molecule has 0 amide bonds. The third-order valence-electron chi connectivity index (χ3n) is 3.68. The Bertz CT molecular complexity index is 738. The van der Waals surface area contributed by atoms with Gasteiger partial charge in [-0.2, -0.15) is 21.6 Å². The highest BCUT2D eigenvalue weighted by molar-refractivity contribution is 7.87. The minimum Gasteiger partial charge on any atom is -0.374 e. The molecule has 0 saturated carbocycles. The first-order chi connectivity index (χ1) is 11.2. The van der Waals surface area contributed by atoms with Crippen LogP contribution in [0.3, 0.4) is 0 Å². The van der Waals surface area contributed by atoms with E-state index in [0.717, 1.165) is 5.56 Å². The summed E-state index contributed by atoms with van der Waals surface area (Å²) < 4.78 is 62.2. The number of aryl methyl sites for hydroxylation is 1. The maximum absolute atomic E-state index is 12.1. The molecule has 10 heteroatoms. The first kappa shape index (κ1) is 19.3. The van der Waals surface area contributed by atoms with E-state index < -0.39 is 20.3 Å². The topological polar surface area (TPSA) is 111 Å². The summed E-state index contributed by atoms with van der Waals surface area (Å²) in [5.74, 6) is 0. The third kappa shape index (κ3) is 5.50. The van der Waals surface area contributed by atoms with Gasteiger partial charge in [-0.15, -0.1) is 0 Å². The molecule has 0 aromatic heterocycles. The van der Waals surface area contributed by atoms with Crippen LogP contribution in [-0.2, 0) is 29.2 Å². The molecular weight excluding hydrogens is 356 g/mol. The van der Waals surface area contributed by atoms with Crippen molar-refractivity contribution >= 4 is 20.3 Å². The van der Waals surface area contributed by atoms with Crippen molar-refractivity contribution < 1.29 is 25.8 Å². The molecule has 1 aromatic carbocycles. The van der Waals surface area contributed by atoms with Crippen molar-refractivity contribution in [3.05, 3.63) is 29.8 Å². The van der Waals surface area contributed by atoms with E-state index in [9.17, 15) is 16.8 Å². The summed E-state index contributed by atoms with van der Waals surface area (Å²) in [6.45, 7) is 1.94. The van der Waals surface area contributed by atoms with Crippen LogP contribution in [0.15, 0.2) is 29.2 Å². The van der Waals surface area contributed by atoms with Crippen LogP contribution in [-0.4, -0.2) is 49.2 Å². The Morgan fingerprint density at radius 2 is 1.83 bits per heavy atom. The summed E-state index contributed by atoms with van der Waals surface area (Å²) in [6.07, 6.45) is 0.653. The fourth-order valence-corrected chi connectivity index (χ4v) is 3.93. The molecule has 8 nitrogen and oxygen atoms in total. The first-order valence-corrected chi connectivity index (χ1v) is 10.4. The maximum Gasteiger partial charge on any atom is 0.297 e. The van der Waals surface area contributed by atoms with Crippen molar-refractivity contribution in [2.45, 2.75) is 36.8 Å². The van der Waals surface area contributed by atoms with Crippen molar-refractivity contribution in [2.75, 3.05) is 20.3 Å². The zero-order valence-corrected chi connectivity index (χ0v) is 15.2. The minimum absolute atomic E-state index is 0.0955. The lowest BCUT2D eigenvalue weighted by Gasteiger charge is -2.28. The van der Waals surface area contributed by atoms with Gasteiger partial charge in [0.1, 0.15) is 0 Å². The molecule has 0 aliphatic carbocycles. The Morgan fingerprint density at radius 1 is 1.17 bits per heavy atom. The Hall–Kier alpha value is -1.04. The molecule has 1 aliphatic heterocycles. The molecule has 1 aromatic rings. The second-order valence-electron chi connectivity index (χ2n) is 5.61. The summed E-state index contributed by atoms with van der Waals surface area (Å²) >= 11 is 0. The monoisotopic (exact) mass is 378 g/mol. The van der Waals surface area contributed by atoms with Crippen molar-refractivity contribution in [3.63, 3.8) is 0 Å². The fraction of sp³-hybridized carbons (Fsp3) is 0.571. The van der Waals surface area contributed by atoms with E-state index in [4.69, 9.17) is 8.92 Å². The normalized spacial score (nSPS) is 22.4. The Kier molecular flexibility index (Phi) is 6.34. The highest BCUT2D eigenvalue weighted by Crippen LogP contribution is 2.18. The molecule has 136 valence electrons. The van der Waals surface area contributed by atoms with Crippen molar-refractivity contribution in [2.24, 2.45) is 0 Å². The van der Waals surface area contributed by atoms with Gasteiger partial charge in [0.05, 0.1) is 24.2 Å². The summed E-state index contributed by atoms with van der Waals surface area (Å²) in [4.78, 5) is 0.101. The van der Waals surface area contributed by atoms with E-state index in [-0.39, 0.29) is 30.3 Å². The fourth-order valence-electron chi connectivity index (χ4n) is 2.25. The number of hydrogen-bond acceptors (Lipinski definition) is 6. The molecule has 2 N–H and O–H groups in total. The largest absolute Gasteiger partial charge is 0.374 e. The van der Waals surface area contributed by atoms with Crippen molar-refractivity contribution in [1.29, 1.82) is 0 Å². The van der Waals surface area contributed by atoms with Crippen LogP contribution in [0.25, 0.3) is 0 Å². The lowest BCUT2D eigenvalue weighted by molar-refractivity contribution is -0.0212. The van der Waals surface area contributed by atoms with Crippen LogP contribution in [0.5, 0.6) is 0 Å². The predicted molar refractivity (Wildman–Crippen MR) is 88.2 cm³/mol. The van der Waals surface area contributed by atoms with Crippen LogP contribution in [0, 0.1) is 6.92 Å². The van der Waals surface area contributed by atoms with Gasteiger partial charge in [-0.1, -0.05) is 17.7 Å². The van der Waals surface area contributed by atoms with Gasteiger partial charge in [0.2, 0.25) is 0 Å². The van der Waals surface area contributed by atoms with Crippen LogP contribution in [0.4, 0.5) is 0 Å². The van der Waals surface area contributed by atoms with Gasteiger partial charge in [0.25, 0.3) is 20.3 Å². The molecule has 2 atom stereocenters. The number of nitrogens with one attached hydrogen (secondary N) is 2. The summed E-state index contributed by atoms with van der Waals surface area (Å²) in [5, 5.41) is 0. The van der Waals surface area contributed by atoms with Gasteiger partial charge in [-0.25, -0.2) is 4.72 Å². The molecule has 2 rings (SSSR count). The smallest absolute Gasteiger partial charge is 0.297 e. The average Bonchev–Trinajstić information content (AvgIpc) is 2.54. The Labute approximate surface area is 142 Å². The van der Waals surface area contributed by atoms with E-state index in [2.05, 4.69) is 9.44 Å². The SMILES string of the molecule is CNS(=O)(=O)N[C@H]1CC[C@H](COS(=O)(=O)c2ccc(C)cc2)OC1. The molecule has 1 fully saturated rings. The number of benzene rings is 1. The van der Waals surface area contributed by atoms with E-state index in [0.29, 0.717) is 12.8 Å². The summed E-state index contributed by atoms with van der Waals surface area (Å²) in [6, 6.07) is 6.05. The van der Waals surface area contributed by atoms with Crippen LogP contribution < -0.4 is 9.44 Å². The second-order valence-corrected chi connectivity index (χ2v) is 8.87. The zero-order chi connectivity index (χ0) is 17.8. The molecule has 1 heterocycles. The molecule has 0 radical (unpaired) electrons. The summed E-state index contributed by atoms with van der Waals surface area (Å²) in [5.41, 5.74) is 0.958. The molecule has 1 aliphatic rings. The van der Waals surface area contributed by atoms with E-state index in [1.165, 1.54) is 19.2 Å². The van der Waals surface area contributed by atoms with Crippen LogP contribution in [0.2, 0.25) is 0 Å². The van der Waals surface area contributed by atoms with Gasteiger partial charge in [0.15, 0.2) is 0 Å². The highest BCUT2D eigenvalue weighted by Gasteiger charge is 2.26. The average molecular weight is 378 g/mol. The standard InChI is InChI=1S/C14H22N2O6S2/c1-11-3-7-14(8-4-11)23(17,18)22-10-13-6-5-12(9-21-13)16-24(19,20)15-2/h3-4,7-8,12-13,15-16H,5-6,9-10H2,1-2H3/t12-,13+/m0/s1. The molecule has 0 spiro atoms. The van der Waals surface area contributed by atoms with Crippen LogP contribution in [0.1, 0.15) is 18.4 Å². The van der Waals surface area contributed by atoms with E-state index in [1.807, 2.05) is 6.92 Å². The maximum atomic E-state index is 12.1. The molecule has 24 heavy (non-hydrogen) atoms. The van der Waals surface area contributed by atoms with Gasteiger partial charge in [0, 0.05) is 13.1 Å². The first-order valence-electron chi connectivity index (χ1n) is 7.50. The van der Waals surface area contributed by atoms with Crippen LogP contribution >= 0.6 is 0 Å². The zero-order valence-electron chi connectivity index (χ0n) is 13.6. The minimum atomic E-state index is -3.82. The predicted octanol–water partition coefficient (Wildman–Crippen LogP) is 0.302. The van der Waals surface area contributed by atoms with Crippen molar-refractivity contribution in [1.82, 2.24) is 9.44 Å². The third-order valence-corrected chi connectivity index (χ3v) is 6.16. The lowest BCUT2D eigenvalue weighted by Crippen LogP contribution is -2.47. The number of hydrogen-bond donors (Lipinski definition) is 2. The number of ether oxygens (including phenoxy) is 1. The lowest BCUT2D eigenvalue weighted by atomic mass is 10.1. The molecule has 1 saturated heterocycles. The molecule has 0 unspecified atom stereocenters. The van der Waals surface area contributed by atoms with E-state index in [1.54, 1.807) is 12.1 Å². The van der Waals surface area contributed by atoms with Gasteiger partial charge < -0.3 is 4.74 Å². The van der Waals surface area contributed by atoms with Gasteiger partial charge in [-0.3, -0.25) is 4.18 Å². The second kappa shape index (κ2) is 7.89. The highest BCUT2D eigenvalue weighted by atomic mass is 32.2. The van der Waals surface area contributed by atoms with Gasteiger partial charge >= 0.3 is 0 Å². The molecule has 0 bridgehead atoms. The van der Waals surface area contributed by atoms with Gasteiger partial charge in [-0.05, 0) is 31.9 Å². The Morgan fingerprint density at radius 3 is 2.38 bits per heavy atom. The van der Waals surface area contributed by atoms with Crippen molar-refractivity contribution in [3.8, 4) is 0 Å². The Balaban J connectivity index is 1.83.